The SMILES string of the molecule is COCCn1c(NC(=O)c2cn3c(C)cccc3n2)nc2ccc(-c3cccc(C(F)(F)F)c3)cc21. The molecule has 0 spiro atoms. The van der Waals surface area contributed by atoms with Crippen molar-refractivity contribution < 1.29 is 22.7 Å². The number of carbonyl (C=O) groups is 1. The number of rotatable bonds is 6. The van der Waals surface area contributed by atoms with Crippen molar-refractivity contribution in [2.75, 3.05) is 19.0 Å². The summed E-state index contributed by atoms with van der Waals surface area (Å²) < 4.78 is 48.5. The lowest BCUT2D eigenvalue weighted by atomic mass is 10.0. The van der Waals surface area contributed by atoms with E-state index in [1.807, 2.05) is 29.5 Å². The molecule has 0 saturated carbocycles. The second kappa shape index (κ2) is 9.12. The highest BCUT2D eigenvalue weighted by Crippen LogP contribution is 2.33. The maximum absolute atomic E-state index is 13.2. The van der Waals surface area contributed by atoms with Gasteiger partial charge >= 0.3 is 6.18 Å². The summed E-state index contributed by atoms with van der Waals surface area (Å²) in [5, 5.41) is 2.83. The highest BCUT2D eigenvalue weighted by molar-refractivity contribution is 6.03. The zero-order chi connectivity index (χ0) is 25.4. The number of methoxy groups -OCH3 is 1. The molecule has 7 nitrogen and oxygen atoms in total. The minimum atomic E-state index is -4.44. The number of imidazole rings is 2. The normalized spacial score (nSPS) is 11.9. The number of nitrogens with zero attached hydrogens (tertiary/aromatic N) is 4. The lowest BCUT2D eigenvalue weighted by molar-refractivity contribution is -0.137. The molecule has 0 radical (unpaired) electrons. The van der Waals surface area contributed by atoms with Gasteiger partial charge in [-0.15, -0.1) is 0 Å². The summed E-state index contributed by atoms with van der Waals surface area (Å²) in [6.07, 6.45) is -2.78. The molecule has 0 unspecified atom stereocenters. The molecule has 10 heteroatoms. The van der Waals surface area contributed by atoms with Crippen molar-refractivity contribution in [3.05, 3.63) is 83.8 Å². The van der Waals surface area contributed by atoms with E-state index in [2.05, 4.69) is 15.3 Å². The van der Waals surface area contributed by atoms with Gasteiger partial charge in [0, 0.05) is 25.5 Å². The maximum atomic E-state index is 13.2. The molecule has 0 bridgehead atoms. The molecule has 1 amide bonds. The Balaban J connectivity index is 1.53. The number of aryl methyl sites for hydroxylation is 1. The van der Waals surface area contributed by atoms with Gasteiger partial charge in [-0.25, -0.2) is 9.97 Å². The van der Waals surface area contributed by atoms with E-state index in [-0.39, 0.29) is 5.69 Å². The summed E-state index contributed by atoms with van der Waals surface area (Å²) in [5.74, 6) is -0.132. The monoisotopic (exact) mass is 493 g/mol. The summed E-state index contributed by atoms with van der Waals surface area (Å²) in [6.45, 7) is 2.64. The van der Waals surface area contributed by atoms with Crippen LogP contribution < -0.4 is 5.32 Å². The average molecular weight is 493 g/mol. The van der Waals surface area contributed by atoms with Gasteiger partial charge in [0.25, 0.3) is 5.91 Å². The number of aromatic nitrogens is 4. The first-order valence-corrected chi connectivity index (χ1v) is 11.2. The summed E-state index contributed by atoms with van der Waals surface area (Å²) in [4.78, 5) is 22.0. The molecule has 0 aliphatic heterocycles. The number of nitrogens with one attached hydrogen (secondary N) is 1. The van der Waals surface area contributed by atoms with E-state index < -0.39 is 17.6 Å². The number of amides is 1. The van der Waals surface area contributed by atoms with Crippen LogP contribution >= 0.6 is 0 Å². The largest absolute Gasteiger partial charge is 0.416 e. The van der Waals surface area contributed by atoms with Crippen LogP contribution in [0.25, 0.3) is 27.8 Å². The van der Waals surface area contributed by atoms with Crippen molar-refractivity contribution in [1.29, 1.82) is 0 Å². The number of alkyl halides is 3. The topological polar surface area (TPSA) is 73.5 Å². The van der Waals surface area contributed by atoms with Gasteiger partial charge < -0.3 is 13.7 Å². The smallest absolute Gasteiger partial charge is 0.383 e. The van der Waals surface area contributed by atoms with Gasteiger partial charge in [-0.2, -0.15) is 13.2 Å². The molecular formula is C26H22F3N5O2. The fraction of sp³-hybridized carbons (Fsp3) is 0.192. The Hall–Kier alpha value is -4.18. The van der Waals surface area contributed by atoms with Gasteiger partial charge in [-0.1, -0.05) is 24.3 Å². The predicted molar refractivity (Wildman–Crippen MR) is 130 cm³/mol. The van der Waals surface area contributed by atoms with Crippen LogP contribution in [-0.4, -0.2) is 38.6 Å². The van der Waals surface area contributed by atoms with Crippen molar-refractivity contribution >= 4 is 28.5 Å². The predicted octanol–water partition coefficient (Wildman–Crippen LogP) is 5.58. The van der Waals surface area contributed by atoms with Crippen molar-refractivity contribution in [3.8, 4) is 11.1 Å². The Kier molecular flexibility index (Phi) is 5.97. The molecule has 184 valence electrons. The lowest BCUT2D eigenvalue weighted by Crippen LogP contribution is -2.17. The van der Waals surface area contributed by atoms with Crippen LogP contribution in [0.2, 0.25) is 0 Å². The minimum Gasteiger partial charge on any atom is -0.383 e. The van der Waals surface area contributed by atoms with Crippen molar-refractivity contribution in [2.45, 2.75) is 19.6 Å². The number of halogens is 3. The first-order valence-electron chi connectivity index (χ1n) is 11.2. The second-order valence-corrected chi connectivity index (χ2v) is 8.34. The van der Waals surface area contributed by atoms with Crippen LogP contribution in [0.5, 0.6) is 0 Å². The minimum absolute atomic E-state index is 0.235. The number of ether oxygens (including phenoxy) is 1. The van der Waals surface area contributed by atoms with E-state index in [1.54, 1.807) is 42.1 Å². The molecule has 0 saturated heterocycles. The van der Waals surface area contributed by atoms with Crippen LogP contribution in [0.3, 0.4) is 0 Å². The number of benzene rings is 2. The number of fused-ring (bicyclic) bond motifs is 2. The fourth-order valence-electron chi connectivity index (χ4n) is 4.11. The Morgan fingerprint density at radius 2 is 1.81 bits per heavy atom. The van der Waals surface area contributed by atoms with Gasteiger partial charge in [0.05, 0.1) is 23.2 Å². The van der Waals surface area contributed by atoms with Gasteiger partial charge in [-0.3, -0.25) is 10.1 Å². The highest BCUT2D eigenvalue weighted by atomic mass is 19.4. The summed E-state index contributed by atoms with van der Waals surface area (Å²) in [5.41, 5.74) is 3.37. The molecule has 1 N–H and O–H groups in total. The zero-order valence-electron chi connectivity index (χ0n) is 19.5. The second-order valence-electron chi connectivity index (χ2n) is 8.34. The molecule has 3 heterocycles. The molecule has 0 aliphatic rings. The molecule has 0 fully saturated rings. The Morgan fingerprint density at radius 3 is 2.56 bits per heavy atom. The van der Waals surface area contributed by atoms with Crippen LogP contribution in [-0.2, 0) is 17.5 Å². The molecule has 36 heavy (non-hydrogen) atoms. The number of hydrogen-bond donors (Lipinski definition) is 1. The highest BCUT2D eigenvalue weighted by Gasteiger charge is 2.30. The van der Waals surface area contributed by atoms with E-state index in [9.17, 15) is 18.0 Å². The molecule has 0 atom stereocenters. The third-order valence-electron chi connectivity index (χ3n) is 5.94. The van der Waals surface area contributed by atoms with Gasteiger partial charge in [0.1, 0.15) is 11.3 Å². The van der Waals surface area contributed by atoms with Gasteiger partial charge in [-0.05, 0) is 54.4 Å². The van der Waals surface area contributed by atoms with E-state index in [0.717, 1.165) is 17.8 Å². The first kappa shape index (κ1) is 23.6. The van der Waals surface area contributed by atoms with Crippen LogP contribution in [0.4, 0.5) is 19.1 Å². The Labute approximate surface area is 204 Å². The van der Waals surface area contributed by atoms with Crippen LogP contribution in [0, 0.1) is 6.92 Å². The van der Waals surface area contributed by atoms with Gasteiger partial charge in [0.15, 0.2) is 0 Å². The van der Waals surface area contributed by atoms with E-state index >= 15 is 0 Å². The maximum Gasteiger partial charge on any atom is 0.416 e. The molecule has 2 aromatic carbocycles. The number of hydrogen-bond acceptors (Lipinski definition) is 4. The lowest BCUT2D eigenvalue weighted by Gasteiger charge is -2.11. The third kappa shape index (κ3) is 4.42. The van der Waals surface area contributed by atoms with E-state index in [0.29, 0.717) is 46.9 Å². The number of anilines is 1. The number of pyridine rings is 1. The standard InChI is InChI=1S/C26H22F3N5O2/c1-16-5-3-8-23-30-21(15-34(16)23)24(35)32-25-31-20-10-9-18(14-22(20)33(25)11-12-36-2)17-6-4-7-19(13-17)26(27,28)29/h3-10,13-15H,11-12H2,1-2H3,(H,31,32,35). The van der Waals surface area contributed by atoms with E-state index in [4.69, 9.17) is 4.74 Å². The number of carbonyl (C=O) groups excluding carboxylic acids is 1. The third-order valence-corrected chi connectivity index (χ3v) is 5.94. The quantitative estimate of drug-likeness (QED) is 0.335. The average Bonchev–Trinajstić information content (AvgIpc) is 3.44. The molecule has 5 rings (SSSR count). The van der Waals surface area contributed by atoms with Crippen molar-refractivity contribution in [2.24, 2.45) is 0 Å². The first-order chi connectivity index (χ1) is 17.2. The molecule has 5 aromatic rings. The molecule has 3 aromatic heterocycles. The summed E-state index contributed by atoms with van der Waals surface area (Å²) >= 11 is 0. The molecular weight excluding hydrogens is 471 g/mol. The summed E-state index contributed by atoms with van der Waals surface area (Å²) in [7, 11) is 1.56. The Morgan fingerprint density at radius 1 is 1.03 bits per heavy atom. The molecule has 0 aliphatic carbocycles. The summed E-state index contributed by atoms with van der Waals surface area (Å²) in [6, 6.07) is 16.0. The van der Waals surface area contributed by atoms with Crippen molar-refractivity contribution in [3.63, 3.8) is 0 Å². The Bertz CT molecular complexity index is 1590. The van der Waals surface area contributed by atoms with Crippen LogP contribution in [0.15, 0.2) is 66.9 Å². The fourth-order valence-corrected chi connectivity index (χ4v) is 4.11. The van der Waals surface area contributed by atoms with Crippen molar-refractivity contribution in [1.82, 2.24) is 18.9 Å². The van der Waals surface area contributed by atoms with Gasteiger partial charge in [0.2, 0.25) is 5.95 Å². The van der Waals surface area contributed by atoms with Crippen LogP contribution in [0.1, 0.15) is 21.7 Å². The van der Waals surface area contributed by atoms with E-state index in [1.165, 1.54) is 6.07 Å². The zero-order valence-corrected chi connectivity index (χ0v) is 19.5.